The summed E-state index contributed by atoms with van der Waals surface area (Å²) < 4.78 is 10.1. The zero-order valence-corrected chi connectivity index (χ0v) is 11.0. The minimum atomic E-state index is -0.392. The highest BCUT2D eigenvalue weighted by atomic mass is 31.0. The molecule has 2 rings (SSSR count). The second-order valence-corrected chi connectivity index (χ2v) is 4.17. The SMILES string of the molecule is COc1cc(NC(=O)P)ccc1N1CCOC1=O. The predicted molar refractivity (Wildman–Crippen MR) is 70.4 cm³/mol. The average Bonchev–Trinajstić information content (AvgIpc) is 2.74. The van der Waals surface area contributed by atoms with E-state index < -0.39 is 6.09 Å². The number of amides is 2. The monoisotopic (exact) mass is 268 g/mol. The number of carbonyl (C=O) groups excluding carboxylic acids is 2. The fourth-order valence-electron chi connectivity index (χ4n) is 1.73. The highest BCUT2D eigenvalue weighted by molar-refractivity contribution is 7.40. The Morgan fingerprint density at radius 1 is 1.56 bits per heavy atom. The summed E-state index contributed by atoms with van der Waals surface area (Å²) in [6.45, 7) is 0.858. The molecule has 1 aromatic rings. The Morgan fingerprint density at radius 3 is 2.89 bits per heavy atom. The molecule has 1 heterocycles. The van der Waals surface area contributed by atoms with Crippen molar-refractivity contribution in [1.29, 1.82) is 0 Å². The largest absolute Gasteiger partial charge is 0.494 e. The van der Waals surface area contributed by atoms with Gasteiger partial charge in [0.1, 0.15) is 12.4 Å². The zero-order valence-electron chi connectivity index (χ0n) is 9.80. The number of nitrogens with zero attached hydrogens (tertiary/aromatic N) is 1. The summed E-state index contributed by atoms with van der Waals surface area (Å²) in [5.41, 5.74) is 0.982. The number of hydrogen-bond donors (Lipinski definition) is 1. The van der Waals surface area contributed by atoms with Gasteiger partial charge in [0.15, 0.2) is 0 Å². The summed E-state index contributed by atoms with van der Waals surface area (Å²) in [5.74, 6) is 0.505. The van der Waals surface area contributed by atoms with Crippen LogP contribution in [0, 0.1) is 0 Å². The van der Waals surface area contributed by atoms with Crippen LogP contribution in [0.15, 0.2) is 18.2 Å². The van der Waals surface area contributed by atoms with Crippen molar-refractivity contribution in [3.05, 3.63) is 18.2 Å². The molecule has 0 aliphatic carbocycles. The first-order valence-corrected chi connectivity index (χ1v) is 5.88. The number of nitrogens with one attached hydrogen (secondary N) is 1. The first-order valence-electron chi connectivity index (χ1n) is 5.30. The Labute approximate surface area is 106 Å². The van der Waals surface area contributed by atoms with E-state index in [1.165, 1.54) is 12.0 Å². The lowest BCUT2D eigenvalue weighted by atomic mass is 10.2. The number of cyclic esters (lactones) is 1. The van der Waals surface area contributed by atoms with Crippen LogP contribution in [0.3, 0.4) is 0 Å². The van der Waals surface area contributed by atoms with E-state index >= 15 is 0 Å². The lowest BCUT2D eigenvalue weighted by Crippen LogP contribution is -2.23. The molecule has 1 N–H and O–H groups in total. The lowest BCUT2D eigenvalue weighted by Gasteiger charge is -2.17. The summed E-state index contributed by atoms with van der Waals surface area (Å²) >= 11 is 0. The van der Waals surface area contributed by atoms with Crippen LogP contribution >= 0.6 is 9.24 Å². The van der Waals surface area contributed by atoms with Crippen LogP contribution in [0.1, 0.15) is 0 Å². The summed E-state index contributed by atoms with van der Waals surface area (Å²) in [6.07, 6.45) is -0.392. The third-order valence-corrected chi connectivity index (χ3v) is 2.64. The number of anilines is 2. The highest BCUT2D eigenvalue weighted by Crippen LogP contribution is 2.33. The Kier molecular flexibility index (Phi) is 3.67. The first-order chi connectivity index (χ1) is 8.61. The van der Waals surface area contributed by atoms with E-state index in [2.05, 4.69) is 5.32 Å². The molecule has 2 amide bonds. The third-order valence-electron chi connectivity index (χ3n) is 2.50. The van der Waals surface area contributed by atoms with Crippen molar-refractivity contribution in [2.75, 3.05) is 30.5 Å². The van der Waals surface area contributed by atoms with Gasteiger partial charge in [0.05, 0.1) is 19.3 Å². The standard InChI is InChI=1S/C11H13N2O4P/c1-16-9-6-7(12-10(14)18)2-3-8(9)13-4-5-17-11(13)15/h2-3,6H,4-5,18H2,1H3,(H,12,14). The molecule has 1 aromatic carbocycles. The van der Waals surface area contributed by atoms with Crippen LogP contribution in [-0.4, -0.2) is 32.0 Å². The van der Waals surface area contributed by atoms with Gasteiger partial charge in [-0.1, -0.05) is 0 Å². The molecule has 7 heteroatoms. The Bertz CT molecular complexity index is 492. The van der Waals surface area contributed by atoms with Gasteiger partial charge >= 0.3 is 6.09 Å². The molecule has 0 saturated carbocycles. The molecule has 96 valence electrons. The molecule has 1 aliphatic heterocycles. The van der Waals surface area contributed by atoms with Crippen LogP contribution in [-0.2, 0) is 4.74 Å². The number of rotatable bonds is 3. The first kappa shape index (κ1) is 12.6. The third kappa shape index (κ3) is 2.54. The molecular weight excluding hydrogens is 255 g/mol. The summed E-state index contributed by atoms with van der Waals surface area (Å²) in [4.78, 5) is 23.9. The van der Waals surface area contributed by atoms with Gasteiger partial charge in [-0.25, -0.2) is 4.79 Å². The quantitative estimate of drug-likeness (QED) is 0.852. The second-order valence-electron chi connectivity index (χ2n) is 3.64. The minimum Gasteiger partial charge on any atom is -0.494 e. The van der Waals surface area contributed by atoms with Gasteiger partial charge in [0.2, 0.25) is 5.65 Å². The average molecular weight is 268 g/mol. The Balaban J connectivity index is 2.31. The number of hydrogen-bond acceptors (Lipinski definition) is 4. The maximum absolute atomic E-state index is 11.5. The second kappa shape index (κ2) is 5.23. The molecule has 1 aliphatic rings. The smallest absolute Gasteiger partial charge is 0.414 e. The van der Waals surface area contributed by atoms with E-state index in [1.54, 1.807) is 18.2 Å². The summed E-state index contributed by atoms with van der Waals surface area (Å²) in [5, 5.41) is 2.62. The van der Waals surface area contributed by atoms with E-state index in [4.69, 9.17) is 9.47 Å². The number of carbonyl (C=O) groups is 2. The van der Waals surface area contributed by atoms with Crippen molar-refractivity contribution in [3.63, 3.8) is 0 Å². The van der Waals surface area contributed by atoms with Crippen LogP contribution in [0.25, 0.3) is 0 Å². The van der Waals surface area contributed by atoms with Gasteiger partial charge in [0, 0.05) is 11.8 Å². The van der Waals surface area contributed by atoms with Crippen molar-refractivity contribution in [3.8, 4) is 5.75 Å². The topological polar surface area (TPSA) is 67.9 Å². The zero-order chi connectivity index (χ0) is 13.1. The van der Waals surface area contributed by atoms with Crippen molar-refractivity contribution >= 4 is 32.4 Å². The Hall–Kier alpha value is -1.81. The van der Waals surface area contributed by atoms with E-state index in [0.29, 0.717) is 30.3 Å². The van der Waals surface area contributed by atoms with E-state index in [-0.39, 0.29) is 5.65 Å². The van der Waals surface area contributed by atoms with Crippen LogP contribution in [0.4, 0.5) is 21.0 Å². The molecular formula is C11H13N2O4P. The predicted octanol–water partition coefficient (Wildman–Crippen LogP) is 2.06. The Morgan fingerprint density at radius 2 is 2.33 bits per heavy atom. The van der Waals surface area contributed by atoms with Crippen LogP contribution in [0.2, 0.25) is 0 Å². The lowest BCUT2D eigenvalue weighted by molar-refractivity contribution is 0.181. The molecule has 0 aromatic heterocycles. The van der Waals surface area contributed by atoms with Crippen molar-refractivity contribution in [2.45, 2.75) is 0 Å². The van der Waals surface area contributed by atoms with E-state index in [0.717, 1.165) is 0 Å². The minimum absolute atomic E-state index is 0.245. The van der Waals surface area contributed by atoms with Gasteiger partial charge in [0.25, 0.3) is 0 Å². The summed E-state index contributed by atoms with van der Waals surface area (Å²) in [6, 6.07) is 5.07. The molecule has 1 atom stereocenters. The maximum Gasteiger partial charge on any atom is 0.414 e. The number of methoxy groups -OCH3 is 1. The molecule has 1 fully saturated rings. The maximum atomic E-state index is 11.5. The van der Waals surface area contributed by atoms with Gasteiger partial charge in [-0.2, -0.15) is 0 Å². The van der Waals surface area contributed by atoms with Gasteiger partial charge in [-0.3, -0.25) is 9.69 Å². The molecule has 6 nitrogen and oxygen atoms in total. The fourth-order valence-corrected chi connectivity index (χ4v) is 1.90. The van der Waals surface area contributed by atoms with E-state index in [9.17, 15) is 9.59 Å². The van der Waals surface area contributed by atoms with Crippen molar-refractivity contribution in [2.24, 2.45) is 0 Å². The highest BCUT2D eigenvalue weighted by Gasteiger charge is 2.26. The van der Waals surface area contributed by atoms with E-state index in [1.807, 2.05) is 9.24 Å². The van der Waals surface area contributed by atoms with Gasteiger partial charge < -0.3 is 14.8 Å². The van der Waals surface area contributed by atoms with Crippen LogP contribution in [0.5, 0.6) is 5.75 Å². The molecule has 1 unspecified atom stereocenters. The molecule has 0 bridgehead atoms. The van der Waals surface area contributed by atoms with Gasteiger partial charge in [-0.15, -0.1) is 0 Å². The van der Waals surface area contributed by atoms with Crippen LogP contribution < -0.4 is 15.0 Å². The normalized spacial score (nSPS) is 14.3. The fraction of sp³-hybridized carbons (Fsp3) is 0.273. The molecule has 0 spiro atoms. The van der Waals surface area contributed by atoms with Crippen molar-refractivity contribution in [1.82, 2.24) is 0 Å². The number of ether oxygens (including phenoxy) is 2. The van der Waals surface area contributed by atoms with Crippen molar-refractivity contribution < 1.29 is 19.1 Å². The summed E-state index contributed by atoms with van der Waals surface area (Å²) in [7, 11) is 3.53. The molecule has 1 saturated heterocycles. The number of benzene rings is 1. The molecule has 18 heavy (non-hydrogen) atoms. The van der Waals surface area contributed by atoms with Gasteiger partial charge in [-0.05, 0) is 21.4 Å². The molecule has 0 radical (unpaired) electrons.